The summed E-state index contributed by atoms with van der Waals surface area (Å²) < 4.78 is 0. The van der Waals surface area contributed by atoms with E-state index >= 15 is 0 Å². The Kier molecular flexibility index (Phi) is 4.37. The minimum atomic E-state index is 0.0584. The molecule has 0 heterocycles. The van der Waals surface area contributed by atoms with Crippen molar-refractivity contribution in [3.05, 3.63) is 29.3 Å². The van der Waals surface area contributed by atoms with Crippen LogP contribution >= 0.6 is 0 Å². The first-order valence-electron chi connectivity index (χ1n) is 6.82. The van der Waals surface area contributed by atoms with E-state index in [1.54, 1.807) is 0 Å². The third-order valence-corrected chi connectivity index (χ3v) is 3.46. The van der Waals surface area contributed by atoms with E-state index in [1.807, 2.05) is 13.0 Å². The first kappa shape index (κ1) is 13.1. The molecule has 18 heavy (non-hydrogen) atoms. The molecule has 0 aliphatic heterocycles. The molecule has 0 saturated carbocycles. The van der Waals surface area contributed by atoms with Gasteiger partial charge in [0, 0.05) is 18.2 Å². The van der Waals surface area contributed by atoms with Crippen molar-refractivity contribution in [2.75, 3.05) is 5.32 Å². The summed E-state index contributed by atoms with van der Waals surface area (Å²) in [5, 5.41) is 2.95. The molecule has 1 aliphatic rings. The van der Waals surface area contributed by atoms with Gasteiger partial charge in [0.2, 0.25) is 5.91 Å². The van der Waals surface area contributed by atoms with E-state index in [0.717, 1.165) is 18.5 Å². The van der Waals surface area contributed by atoms with E-state index in [-0.39, 0.29) is 11.9 Å². The SMILES string of the molecule is CC(N)CCC(=O)Nc1ccc2c(c1)CCCC2. The quantitative estimate of drug-likeness (QED) is 0.858. The number of carbonyl (C=O) groups is 1. The second-order valence-electron chi connectivity index (χ2n) is 5.25. The molecule has 0 fully saturated rings. The summed E-state index contributed by atoms with van der Waals surface area (Å²) in [7, 11) is 0. The van der Waals surface area contributed by atoms with Crippen LogP contribution in [0.15, 0.2) is 18.2 Å². The van der Waals surface area contributed by atoms with E-state index in [4.69, 9.17) is 5.73 Å². The predicted octanol–water partition coefficient (Wildman–Crippen LogP) is 2.63. The fraction of sp³-hybridized carbons (Fsp3) is 0.533. The van der Waals surface area contributed by atoms with Crippen LogP contribution in [0, 0.1) is 0 Å². The van der Waals surface area contributed by atoms with Gasteiger partial charge in [-0.25, -0.2) is 0 Å². The fourth-order valence-electron chi connectivity index (χ4n) is 2.39. The van der Waals surface area contributed by atoms with Crippen LogP contribution in [0.3, 0.4) is 0 Å². The summed E-state index contributed by atoms with van der Waals surface area (Å²) >= 11 is 0. The smallest absolute Gasteiger partial charge is 0.224 e. The van der Waals surface area contributed by atoms with Crippen LogP contribution in [0.4, 0.5) is 5.69 Å². The highest BCUT2D eigenvalue weighted by molar-refractivity contribution is 5.90. The van der Waals surface area contributed by atoms with Gasteiger partial charge in [0.1, 0.15) is 0 Å². The lowest BCUT2D eigenvalue weighted by Gasteiger charge is -2.17. The lowest BCUT2D eigenvalue weighted by molar-refractivity contribution is -0.116. The third-order valence-electron chi connectivity index (χ3n) is 3.46. The molecule has 1 atom stereocenters. The highest BCUT2D eigenvalue weighted by atomic mass is 16.1. The summed E-state index contributed by atoms with van der Waals surface area (Å²) in [5.74, 6) is 0.0584. The number of nitrogens with one attached hydrogen (secondary N) is 1. The zero-order valence-electron chi connectivity index (χ0n) is 11.0. The molecule has 1 unspecified atom stereocenters. The molecule has 0 saturated heterocycles. The largest absolute Gasteiger partial charge is 0.328 e. The van der Waals surface area contributed by atoms with Gasteiger partial charge in [0.25, 0.3) is 0 Å². The van der Waals surface area contributed by atoms with Gasteiger partial charge in [0.05, 0.1) is 0 Å². The average Bonchev–Trinajstić information content (AvgIpc) is 2.36. The maximum Gasteiger partial charge on any atom is 0.224 e. The minimum Gasteiger partial charge on any atom is -0.328 e. The van der Waals surface area contributed by atoms with Gasteiger partial charge in [-0.2, -0.15) is 0 Å². The van der Waals surface area contributed by atoms with E-state index in [0.29, 0.717) is 6.42 Å². The Bertz CT molecular complexity index is 427. The van der Waals surface area contributed by atoms with Gasteiger partial charge >= 0.3 is 0 Å². The number of hydrogen-bond donors (Lipinski definition) is 2. The molecule has 2 rings (SSSR count). The van der Waals surface area contributed by atoms with Gasteiger partial charge in [-0.1, -0.05) is 6.07 Å². The molecule has 0 radical (unpaired) electrons. The standard InChI is InChI=1S/C15H22N2O/c1-11(16)6-9-15(18)17-14-8-7-12-4-2-3-5-13(12)10-14/h7-8,10-11H,2-6,9,16H2,1H3,(H,17,18). The maximum atomic E-state index is 11.7. The Morgan fingerprint density at radius 2 is 2.06 bits per heavy atom. The van der Waals surface area contributed by atoms with Crippen molar-refractivity contribution >= 4 is 11.6 Å². The van der Waals surface area contributed by atoms with Crippen LogP contribution in [0.2, 0.25) is 0 Å². The Morgan fingerprint density at radius 1 is 1.33 bits per heavy atom. The van der Waals surface area contributed by atoms with Crippen molar-refractivity contribution in [1.29, 1.82) is 0 Å². The number of carbonyl (C=O) groups excluding carboxylic acids is 1. The van der Waals surface area contributed by atoms with Crippen molar-refractivity contribution in [2.45, 2.75) is 51.5 Å². The molecule has 3 nitrogen and oxygen atoms in total. The van der Waals surface area contributed by atoms with Gasteiger partial charge in [-0.05, 0) is 62.3 Å². The molecule has 1 aliphatic carbocycles. The topological polar surface area (TPSA) is 55.1 Å². The summed E-state index contributed by atoms with van der Waals surface area (Å²) in [4.78, 5) is 11.7. The molecule has 3 heteroatoms. The second kappa shape index (κ2) is 6.01. The van der Waals surface area contributed by atoms with Crippen LogP contribution in [0.25, 0.3) is 0 Å². The lowest BCUT2D eigenvalue weighted by atomic mass is 9.91. The summed E-state index contributed by atoms with van der Waals surface area (Å²) in [6.07, 6.45) is 6.08. The van der Waals surface area contributed by atoms with Gasteiger partial charge in [0.15, 0.2) is 0 Å². The zero-order chi connectivity index (χ0) is 13.0. The number of benzene rings is 1. The van der Waals surface area contributed by atoms with Crippen molar-refractivity contribution in [3.63, 3.8) is 0 Å². The molecule has 0 bridgehead atoms. The minimum absolute atomic E-state index is 0.0584. The molecule has 1 aromatic rings. The molecule has 1 aromatic carbocycles. The van der Waals surface area contributed by atoms with Crippen LogP contribution in [-0.4, -0.2) is 11.9 Å². The number of fused-ring (bicyclic) bond motifs is 1. The third kappa shape index (κ3) is 3.57. The number of rotatable bonds is 4. The van der Waals surface area contributed by atoms with Crippen molar-refractivity contribution < 1.29 is 4.79 Å². The van der Waals surface area contributed by atoms with Crippen molar-refractivity contribution in [1.82, 2.24) is 0 Å². The number of hydrogen-bond acceptors (Lipinski definition) is 2. The van der Waals surface area contributed by atoms with Gasteiger partial charge in [-0.15, -0.1) is 0 Å². The predicted molar refractivity (Wildman–Crippen MR) is 74.6 cm³/mol. The zero-order valence-corrected chi connectivity index (χ0v) is 11.0. The molecular weight excluding hydrogens is 224 g/mol. The number of anilines is 1. The normalized spacial score (nSPS) is 15.9. The number of nitrogens with two attached hydrogens (primary N) is 1. The molecule has 3 N–H and O–H groups in total. The summed E-state index contributed by atoms with van der Waals surface area (Å²) in [6, 6.07) is 6.36. The fourth-order valence-corrected chi connectivity index (χ4v) is 2.39. The first-order valence-corrected chi connectivity index (χ1v) is 6.82. The second-order valence-corrected chi connectivity index (χ2v) is 5.25. The average molecular weight is 246 g/mol. The van der Waals surface area contributed by atoms with E-state index < -0.39 is 0 Å². The van der Waals surface area contributed by atoms with Crippen LogP contribution in [-0.2, 0) is 17.6 Å². The Hall–Kier alpha value is -1.35. The van der Waals surface area contributed by atoms with E-state index in [9.17, 15) is 4.79 Å². The van der Waals surface area contributed by atoms with Crippen molar-refractivity contribution in [2.24, 2.45) is 5.73 Å². The summed E-state index contributed by atoms with van der Waals surface area (Å²) in [5.41, 5.74) is 9.40. The molecule has 98 valence electrons. The first-order chi connectivity index (χ1) is 8.65. The van der Waals surface area contributed by atoms with E-state index in [2.05, 4.69) is 17.4 Å². The lowest BCUT2D eigenvalue weighted by Crippen LogP contribution is -2.19. The number of amides is 1. The number of aryl methyl sites for hydroxylation is 2. The van der Waals surface area contributed by atoms with Crippen LogP contribution < -0.4 is 11.1 Å². The highest BCUT2D eigenvalue weighted by Gasteiger charge is 2.10. The molecule has 1 amide bonds. The van der Waals surface area contributed by atoms with Gasteiger partial charge in [-0.3, -0.25) is 4.79 Å². The Morgan fingerprint density at radius 3 is 2.78 bits per heavy atom. The van der Waals surface area contributed by atoms with Crippen molar-refractivity contribution in [3.8, 4) is 0 Å². The Balaban J connectivity index is 1.95. The monoisotopic (exact) mass is 246 g/mol. The van der Waals surface area contributed by atoms with Crippen LogP contribution in [0.1, 0.15) is 43.7 Å². The molecule has 0 aromatic heterocycles. The van der Waals surface area contributed by atoms with E-state index in [1.165, 1.54) is 30.4 Å². The molecule has 0 spiro atoms. The maximum absolute atomic E-state index is 11.7. The Labute approximate surface area is 109 Å². The summed E-state index contributed by atoms with van der Waals surface area (Å²) in [6.45, 7) is 1.92. The highest BCUT2D eigenvalue weighted by Crippen LogP contribution is 2.24. The van der Waals surface area contributed by atoms with Gasteiger partial charge < -0.3 is 11.1 Å². The molecular formula is C15H22N2O. The van der Waals surface area contributed by atoms with Crippen LogP contribution in [0.5, 0.6) is 0 Å².